The van der Waals surface area contributed by atoms with Crippen LogP contribution in [0.3, 0.4) is 0 Å². The molecule has 0 aliphatic rings. The fourth-order valence-corrected chi connectivity index (χ4v) is 4.50. The Morgan fingerprint density at radius 2 is 1.89 bits per heavy atom. The first-order valence-corrected chi connectivity index (χ1v) is 10.1. The van der Waals surface area contributed by atoms with Crippen LogP contribution in [-0.4, -0.2) is 33.9 Å². The zero-order valence-corrected chi connectivity index (χ0v) is 17.4. The van der Waals surface area contributed by atoms with Gasteiger partial charge in [-0.15, -0.1) is 11.3 Å². The van der Waals surface area contributed by atoms with Gasteiger partial charge in [-0.2, -0.15) is 0 Å². The molecule has 0 radical (unpaired) electrons. The van der Waals surface area contributed by atoms with Crippen LogP contribution in [0.15, 0.2) is 24.3 Å². The number of carbonyl (C=O) groups excluding carboxylic acids is 1. The molecular formula is C21H26N4OS. The fourth-order valence-electron chi connectivity index (χ4n) is 3.33. The van der Waals surface area contributed by atoms with E-state index in [2.05, 4.69) is 40.1 Å². The van der Waals surface area contributed by atoms with Gasteiger partial charge in [0.2, 0.25) is 0 Å². The van der Waals surface area contributed by atoms with Crippen molar-refractivity contribution in [2.75, 3.05) is 18.4 Å². The molecule has 5 nitrogen and oxygen atoms in total. The number of carbonyl (C=O) groups is 1. The molecule has 2 heterocycles. The zero-order chi connectivity index (χ0) is 19.6. The summed E-state index contributed by atoms with van der Waals surface area (Å²) in [5.74, 6) is 0.643. The molecular weight excluding hydrogens is 356 g/mol. The van der Waals surface area contributed by atoms with Crippen LogP contribution in [0.5, 0.6) is 0 Å². The van der Waals surface area contributed by atoms with E-state index in [4.69, 9.17) is 0 Å². The van der Waals surface area contributed by atoms with Gasteiger partial charge in [-0.25, -0.2) is 9.97 Å². The summed E-state index contributed by atoms with van der Waals surface area (Å²) in [4.78, 5) is 25.7. The van der Waals surface area contributed by atoms with E-state index in [9.17, 15) is 4.79 Å². The Labute approximate surface area is 164 Å². The van der Waals surface area contributed by atoms with Gasteiger partial charge in [-0.1, -0.05) is 26.0 Å². The van der Waals surface area contributed by atoms with Crippen LogP contribution in [0.2, 0.25) is 0 Å². The maximum atomic E-state index is 12.9. The average molecular weight is 383 g/mol. The SMILES string of the molecule is CCN(CC)Cc1cccc(NC(=O)c2sc3nc(C)nc(C)c3c2C)c1. The van der Waals surface area contributed by atoms with Crippen molar-refractivity contribution in [3.05, 3.63) is 51.8 Å². The third kappa shape index (κ3) is 4.17. The topological polar surface area (TPSA) is 58.1 Å². The van der Waals surface area contributed by atoms with Crippen molar-refractivity contribution in [1.29, 1.82) is 0 Å². The number of rotatable bonds is 6. The first kappa shape index (κ1) is 19.5. The summed E-state index contributed by atoms with van der Waals surface area (Å²) in [5, 5.41) is 4.04. The Bertz CT molecular complexity index is 976. The zero-order valence-electron chi connectivity index (χ0n) is 16.6. The number of aryl methyl sites for hydroxylation is 3. The van der Waals surface area contributed by atoms with E-state index in [0.29, 0.717) is 4.88 Å². The summed E-state index contributed by atoms with van der Waals surface area (Å²) in [5.41, 5.74) is 3.89. The van der Waals surface area contributed by atoms with Gasteiger partial charge in [0, 0.05) is 23.3 Å². The summed E-state index contributed by atoms with van der Waals surface area (Å²) in [7, 11) is 0. The van der Waals surface area contributed by atoms with E-state index in [1.54, 1.807) is 0 Å². The Hall–Kier alpha value is -2.31. The molecule has 6 heteroatoms. The standard InChI is InChI=1S/C21H26N4OS/c1-6-25(7-2)12-16-9-8-10-17(11-16)24-20(26)19-13(3)18-14(4)22-15(5)23-21(18)27-19/h8-11H,6-7,12H2,1-5H3,(H,24,26). The first-order chi connectivity index (χ1) is 12.9. The molecule has 0 atom stereocenters. The van der Waals surface area contributed by atoms with Crippen LogP contribution in [0.4, 0.5) is 5.69 Å². The Morgan fingerprint density at radius 1 is 1.15 bits per heavy atom. The number of thiophene rings is 1. The lowest BCUT2D eigenvalue weighted by atomic mass is 10.1. The number of nitrogens with zero attached hydrogens (tertiary/aromatic N) is 3. The molecule has 1 amide bonds. The van der Waals surface area contributed by atoms with Gasteiger partial charge in [-0.3, -0.25) is 9.69 Å². The fraction of sp³-hybridized carbons (Fsp3) is 0.381. The van der Waals surface area contributed by atoms with Gasteiger partial charge < -0.3 is 5.32 Å². The second-order valence-corrected chi connectivity index (χ2v) is 7.71. The van der Waals surface area contributed by atoms with E-state index in [1.807, 2.05) is 39.0 Å². The minimum Gasteiger partial charge on any atom is -0.321 e. The number of nitrogens with one attached hydrogen (secondary N) is 1. The van der Waals surface area contributed by atoms with Crippen LogP contribution in [0.1, 0.15) is 46.2 Å². The summed E-state index contributed by atoms with van der Waals surface area (Å²) < 4.78 is 0. The van der Waals surface area contributed by atoms with E-state index in [-0.39, 0.29) is 5.91 Å². The summed E-state index contributed by atoms with van der Waals surface area (Å²) >= 11 is 1.43. The minimum atomic E-state index is -0.0902. The molecule has 0 saturated heterocycles. The van der Waals surface area contributed by atoms with Crippen LogP contribution in [0, 0.1) is 20.8 Å². The molecule has 0 saturated carbocycles. The maximum absolute atomic E-state index is 12.9. The third-order valence-corrected chi connectivity index (χ3v) is 5.96. The molecule has 0 fully saturated rings. The lowest BCUT2D eigenvalue weighted by molar-refractivity contribution is 0.103. The Morgan fingerprint density at radius 3 is 2.59 bits per heavy atom. The maximum Gasteiger partial charge on any atom is 0.266 e. The number of hydrogen-bond acceptors (Lipinski definition) is 5. The van der Waals surface area contributed by atoms with Crippen LogP contribution in [-0.2, 0) is 6.54 Å². The minimum absolute atomic E-state index is 0.0902. The van der Waals surface area contributed by atoms with Crippen molar-refractivity contribution in [2.45, 2.75) is 41.2 Å². The highest BCUT2D eigenvalue weighted by Crippen LogP contribution is 2.31. The van der Waals surface area contributed by atoms with Crippen LogP contribution >= 0.6 is 11.3 Å². The number of hydrogen-bond donors (Lipinski definition) is 1. The lowest BCUT2D eigenvalue weighted by Crippen LogP contribution is -2.22. The molecule has 1 aromatic carbocycles. The molecule has 0 aliphatic carbocycles. The molecule has 0 spiro atoms. The smallest absolute Gasteiger partial charge is 0.266 e. The number of benzene rings is 1. The van der Waals surface area contributed by atoms with Gasteiger partial charge in [0.1, 0.15) is 10.7 Å². The van der Waals surface area contributed by atoms with Crippen molar-refractivity contribution >= 4 is 33.1 Å². The molecule has 2 aromatic heterocycles. The van der Waals surface area contributed by atoms with E-state index in [0.717, 1.165) is 52.6 Å². The van der Waals surface area contributed by atoms with Crippen LogP contribution < -0.4 is 5.32 Å². The highest BCUT2D eigenvalue weighted by atomic mass is 32.1. The van der Waals surface area contributed by atoms with Crippen LogP contribution in [0.25, 0.3) is 10.2 Å². The molecule has 142 valence electrons. The van der Waals surface area contributed by atoms with Crippen molar-refractivity contribution in [3.63, 3.8) is 0 Å². The van der Waals surface area contributed by atoms with Crippen molar-refractivity contribution < 1.29 is 4.79 Å². The molecule has 0 aliphatic heterocycles. The van der Waals surface area contributed by atoms with E-state index >= 15 is 0 Å². The second-order valence-electron chi connectivity index (χ2n) is 6.71. The summed E-state index contributed by atoms with van der Waals surface area (Å²) in [6, 6.07) is 8.07. The summed E-state index contributed by atoms with van der Waals surface area (Å²) in [6.45, 7) is 13.0. The van der Waals surface area contributed by atoms with Gasteiger partial charge in [0.05, 0.1) is 4.88 Å². The highest BCUT2D eigenvalue weighted by Gasteiger charge is 2.19. The second kappa shape index (κ2) is 8.15. The molecule has 1 N–H and O–H groups in total. The Balaban J connectivity index is 1.85. The van der Waals surface area contributed by atoms with Gasteiger partial charge >= 0.3 is 0 Å². The average Bonchev–Trinajstić information content (AvgIpc) is 2.96. The Kier molecular flexibility index (Phi) is 5.87. The number of aromatic nitrogens is 2. The number of fused-ring (bicyclic) bond motifs is 1. The largest absolute Gasteiger partial charge is 0.321 e. The molecule has 3 rings (SSSR count). The van der Waals surface area contributed by atoms with Gasteiger partial charge in [-0.05, 0) is 57.1 Å². The van der Waals surface area contributed by atoms with E-state index in [1.165, 1.54) is 16.9 Å². The molecule has 3 aromatic rings. The quantitative estimate of drug-likeness (QED) is 0.671. The van der Waals surface area contributed by atoms with Gasteiger partial charge in [0.15, 0.2) is 0 Å². The van der Waals surface area contributed by atoms with Crippen molar-refractivity contribution in [2.24, 2.45) is 0 Å². The monoisotopic (exact) mass is 382 g/mol. The third-order valence-electron chi connectivity index (χ3n) is 4.77. The van der Waals surface area contributed by atoms with Crippen molar-refractivity contribution in [1.82, 2.24) is 14.9 Å². The lowest BCUT2D eigenvalue weighted by Gasteiger charge is -2.18. The van der Waals surface area contributed by atoms with Crippen molar-refractivity contribution in [3.8, 4) is 0 Å². The highest BCUT2D eigenvalue weighted by molar-refractivity contribution is 7.20. The first-order valence-electron chi connectivity index (χ1n) is 9.29. The predicted molar refractivity (Wildman–Crippen MR) is 113 cm³/mol. The predicted octanol–water partition coefficient (Wildman–Crippen LogP) is 4.71. The van der Waals surface area contributed by atoms with E-state index < -0.39 is 0 Å². The molecule has 27 heavy (non-hydrogen) atoms. The number of anilines is 1. The molecule has 0 unspecified atom stereocenters. The number of amides is 1. The normalized spacial score (nSPS) is 11.3. The van der Waals surface area contributed by atoms with Gasteiger partial charge in [0.25, 0.3) is 5.91 Å². The summed E-state index contributed by atoms with van der Waals surface area (Å²) in [6.07, 6.45) is 0. The molecule has 0 bridgehead atoms.